The molecule has 0 aromatic heterocycles. The van der Waals surface area contributed by atoms with Gasteiger partial charge in [-0.3, -0.25) is 9.59 Å². The highest BCUT2D eigenvalue weighted by molar-refractivity contribution is 6.11. The van der Waals surface area contributed by atoms with Gasteiger partial charge in [-0.25, -0.2) is 0 Å². The summed E-state index contributed by atoms with van der Waals surface area (Å²) in [6.45, 7) is 12.1. The van der Waals surface area contributed by atoms with E-state index in [-0.39, 0.29) is 16.6 Å². The summed E-state index contributed by atoms with van der Waals surface area (Å²) in [4.78, 5) is 25.1. The van der Waals surface area contributed by atoms with Gasteiger partial charge < -0.3 is 4.74 Å². The van der Waals surface area contributed by atoms with Crippen molar-refractivity contribution in [1.82, 2.24) is 0 Å². The Morgan fingerprint density at radius 1 is 0.929 bits per heavy atom. The number of azo groups is 1. The second kappa shape index (κ2) is 8.05. The minimum Gasteiger partial charge on any atom is -0.497 e. The van der Waals surface area contributed by atoms with E-state index in [9.17, 15) is 9.59 Å². The number of hydrogen-bond acceptors (Lipinski definition) is 4. The Labute approximate surface area is 166 Å². The highest BCUT2D eigenvalue weighted by Crippen LogP contribution is 2.38. The first-order chi connectivity index (χ1) is 12.9. The number of carbonyl (C=O) groups is 2. The molecule has 1 amide bonds. The summed E-state index contributed by atoms with van der Waals surface area (Å²) in [6.07, 6.45) is 5.17. The lowest BCUT2D eigenvalue weighted by molar-refractivity contribution is -0.114. The summed E-state index contributed by atoms with van der Waals surface area (Å²) in [5.41, 5.74) is 2.04. The van der Waals surface area contributed by atoms with Gasteiger partial charge in [0.05, 0.1) is 13.3 Å². The van der Waals surface area contributed by atoms with Crippen molar-refractivity contribution in [2.75, 3.05) is 7.11 Å². The number of rotatable bonds is 3. The summed E-state index contributed by atoms with van der Waals surface area (Å²) in [6, 6.07) is 6.68. The van der Waals surface area contributed by atoms with Gasteiger partial charge in [0.15, 0.2) is 5.78 Å². The van der Waals surface area contributed by atoms with Gasteiger partial charge in [0.25, 0.3) is 5.91 Å². The molecule has 0 atom stereocenters. The number of benzene rings is 1. The molecule has 1 aromatic carbocycles. The van der Waals surface area contributed by atoms with Crippen molar-refractivity contribution in [3.8, 4) is 5.75 Å². The number of allylic oxidation sites excluding steroid dienone is 5. The monoisotopic (exact) mass is 380 g/mol. The molecule has 0 saturated carbocycles. The van der Waals surface area contributed by atoms with Crippen LogP contribution in [-0.4, -0.2) is 18.8 Å². The van der Waals surface area contributed by atoms with Crippen molar-refractivity contribution in [2.45, 2.75) is 41.5 Å². The lowest BCUT2D eigenvalue weighted by Crippen LogP contribution is -2.27. The summed E-state index contributed by atoms with van der Waals surface area (Å²) in [7, 11) is 1.57. The van der Waals surface area contributed by atoms with Crippen LogP contribution in [0, 0.1) is 10.8 Å². The van der Waals surface area contributed by atoms with Gasteiger partial charge in [-0.2, -0.15) is 5.11 Å². The SMILES string of the molecule is COc1ccc(C(=O)/N=N/C=C2C=C(C(C)(C)C)C(=O)C(C(C)(C)C)=C2)cc1. The van der Waals surface area contributed by atoms with Gasteiger partial charge in [0.2, 0.25) is 0 Å². The number of methoxy groups -OCH3 is 1. The molecule has 1 aromatic rings. The second-order valence-corrected chi connectivity index (χ2v) is 8.82. The van der Waals surface area contributed by atoms with Crippen LogP contribution in [0.3, 0.4) is 0 Å². The maximum Gasteiger partial charge on any atom is 0.295 e. The zero-order chi connectivity index (χ0) is 21.1. The molecule has 5 nitrogen and oxygen atoms in total. The largest absolute Gasteiger partial charge is 0.497 e. The highest BCUT2D eigenvalue weighted by atomic mass is 16.5. The molecule has 0 spiro atoms. The van der Waals surface area contributed by atoms with Crippen LogP contribution in [0.2, 0.25) is 0 Å². The molecule has 0 heterocycles. The van der Waals surface area contributed by atoms with E-state index < -0.39 is 5.91 Å². The van der Waals surface area contributed by atoms with Gasteiger partial charge in [-0.1, -0.05) is 41.5 Å². The number of Topliss-reactive ketones (excluding diaryl/α,β-unsaturated/α-hetero) is 1. The van der Waals surface area contributed by atoms with Crippen molar-refractivity contribution < 1.29 is 14.3 Å². The third kappa shape index (κ3) is 5.12. The lowest BCUT2D eigenvalue weighted by Gasteiger charge is -2.31. The molecular formula is C23H28N2O3. The van der Waals surface area contributed by atoms with E-state index in [2.05, 4.69) is 10.2 Å². The van der Waals surface area contributed by atoms with Gasteiger partial charge in [0, 0.05) is 16.7 Å². The van der Waals surface area contributed by atoms with Gasteiger partial charge in [-0.15, -0.1) is 5.11 Å². The number of ketones is 1. The molecule has 5 heteroatoms. The maximum atomic E-state index is 12.9. The van der Waals surface area contributed by atoms with Gasteiger partial charge in [0.1, 0.15) is 5.75 Å². The van der Waals surface area contributed by atoms with E-state index >= 15 is 0 Å². The maximum absolute atomic E-state index is 12.9. The van der Waals surface area contributed by atoms with E-state index in [0.717, 1.165) is 16.7 Å². The predicted molar refractivity (Wildman–Crippen MR) is 110 cm³/mol. The molecule has 1 aliphatic rings. The minimum atomic E-state index is -0.438. The Balaban J connectivity index is 2.32. The third-order valence-electron chi connectivity index (χ3n) is 4.42. The van der Waals surface area contributed by atoms with Crippen LogP contribution in [-0.2, 0) is 4.79 Å². The molecule has 0 aliphatic heterocycles. The fourth-order valence-corrected chi connectivity index (χ4v) is 2.78. The third-order valence-corrected chi connectivity index (χ3v) is 4.42. The average molecular weight is 380 g/mol. The number of hydrogen-bond donors (Lipinski definition) is 0. The first-order valence-electron chi connectivity index (χ1n) is 9.22. The van der Waals surface area contributed by atoms with Crippen molar-refractivity contribution >= 4 is 11.7 Å². The normalized spacial score (nSPS) is 15.4. The molecule has 0 radical (unpaired) electrons. The number of amides is 1. The van der Waals surface area contributed by atoms with Crippen LogP contribution in [0.4, 0.5) is 0 Å². The van der Waals surface area contributed by atoms with E-state index in [1.54, 1.807) is 31.4 Å². The van der Waals surface area contributed by atoms with Crippen molar-refractivity contribution in [1.29, 1.82) is 0 Å². The Bertz CT molecular complexity index is 851. The van der Waals surface area contributed by atoms with E-state index in [0.29, 0.717) is 11.3 Å². The Morgan fingerprint density at radius 2 is 1.43 bits per heavy atom. The number of ether oxygens (including phenoxy) is 1. The summed E-state index contributed by atoms with van der Waals surface area (Å²) in [5, 5.41) is 7.72. The van der Waals surface area contributed by atoms with Crippen molar-refractivity contribution in [2.24, 2.45) is 21.1 Å². The van der Waals surface area contributed by atoms with Crippen molar-refractivity contribution in [3.63, 3.8) is 0 Å². The van der Waals surface area contributed by atoms with E-state index in [1.807, 2.05) is 53.7 Å². The van der Waals surface area contributed by atoms with Crippen LogP contribution >= 0.6 is 0 Å². The first kappa shape index (κ1) is 21.5. The molecule has 0 unspecified atom stereocenters. The lowest BCUT2D eigenvalue weighted by atomic mass is 9.72. The number of carbonyl (C=O) groups excluding carboxylic acids is 2. The molecule has 0 bridgehead atoms. The van der Waals surface area contributed by atoms with Crippen LogP contribution in [0.1, 0.15) is 51.9 Å². The highest BCUT2D eigenvalue weighted by Gasteiger charge is 2.33. The van der Waals surface area contributed by atoms with Crippen LogP contribution in [0.5, 0.6) is 5.75 Å². The number of nitrogens with zero attached hydrogens (tertiary/aromatic N) is 2. The Morgan fingerprint density at radius 3 is 1.86 bits per heavy atom. The van der Waals surface area contributed by atoms with Crippen LogP contribution < -0.4 is 4.74 Å². The Hall–Kier alpha value is -2.82. The molecule has 148 valence electrons. The average Bonchev–Trinajstić information content (AvgIpc) is 2.60. The molecule has 1 aliphatic carbocycles. The molecule has 2 rings (SSSR count). The van der Waals surface area contributed by atoms with Gasteiger partial charge in [-0.05, 0) is 52.8 Å². The first-order valence-corrected chi connectivity index (χ1v) is 9.22. The predicted octanol–water partition coefficient (Wildman–Crippen LogP) is 5.70. The molecule has 0 fully saturated rings. The second-order valence-electron chi connectivity index (χ2n) is 8.82. The summed E-state index contributed by atoms with van der Waals surface area (Å²) >= 11 is 0. The Kier molecular flexibility index (Phi) is 6.17. The topological polar surface area (TPSA) is 68.1 Å². The van der Waals surface area contributed by atoms with Crippen LogP contribution in [0.15, 0.2) is 69.6 Å². The molecule has 0 saturated heterocycles. The molecular weight excluding hydrogens is 352 g/mol. The van der Waals surface area contributed by atoms with Crippen LogP contribution in [0.25, 0.3) is 0 Å². The zero-order valence-electron chi connectivity index (χ0n) is 17.7. The molecule has 0 N–H and O–H groups in total. The van der Waals surface area contributed by atoms with E-state index in [4.69, 9.17) is 4.74 Å². The van der Waals surface area contributed by atoms with Crippen molar-refractivity contribution in [3.05, 3.63) is 64.9 Å². The molecule has 28 heavy (non-hydrogen) atoms. The quantitative estimate of drug-likeness (QED) is 0.632. The van der Waals surface area contributed by atoms with E-state index in [1.165, 1.54) is 6.20 Å². The summed E-state index contributed by atoms with van der Waals surface area (Å²) < 4.78 is 5.08. The fourth-order valence-electron chi connectivity index (χ4n) is 2.78. The van der Waals surface area contributed by atoms with Gasteiger partial charge >= 0.3 is 0 Å². The summed E-state index contributed by atoms with van der Waals surface area (Å²) in [5.74, 6) is 0.289. The minimum absolute atomic E-state index is 0.0587. The fraction of sp³-hybridized carbons (Fsp3) is 0.391. The standard InChI is InChI=1S/C23H28N2O3/c1-22(2,3)18-12-15(13-19(20(18)26)23(4,5)6)14-24-25-21(27)16-8-10-17(28-7)11-9-16/h8-14H,1-7H3/b25-24+. The zero-order valence-corrected chi connectivity index (χ0v) is 17.7. The smallest absolute Gasteiger partial charge is 0.295 e.